The highest BCUT2D eigenvalue weighted by molar-refractivity contribution is 5.97. The van der Waals surface area contributed by atoms with Gasteiger partial charge in [0, 0.05) is 39.1 Å². The fourth-order valence-corrected chi connectivity index (χ4v) is 4.14. The van der Waals surface area contributed by atoms with E-state index in [1.807, 2.05) is 54.3 Å². The zero-order chi connectivity index (χ0) is 21.6. The van der Waals surface area contributed by atoms with E-state index in [2.05, 4.69) is 11.0 Å². The Morgan fingerprint density at radius 1 is 1.00 bits per heavy atom. The number of ether oxygens (including phenoxy) is 2. The molecule has 0 atom stereocenters. The molecule has 7 nitrogen and oxygen atoms in total. The van der Waals surface area contributed by atoms with Crippen LogP contribution >= 0.6 is 0 Å². The highest BCUT2D eigenvalue weighted by Crippen LogP contribution is 2.32. The minimum atomic E-state index is -0.0623. The number of rotatable bonds is 7. The number of carbonyl (C=O) groups is 2. The molecule has 0 radical (unpaired) electrons. The Morgan fingerprint density at radius 2 is 1.71 bits per heavy atom. The summed E-state index contributed by atoms with van der Waals surface area (Å²) in [6.07, 6.45) is 1.06. The maximum absolute atomic E-state index is 12.7. The van der Waals surface area contributed by atoms with Crippen LogP contribution < -0.4 is 19.3 Å². The van der Waals surface area contributed by atoms with Crippen LogP contribution in [0, 0.1) is 0 Å². The molecule has 2 aliphatic rings. The summed E-state index contributed by atoms with van der Waals surface area (Å²) in [5.41, 5.74) is 1.87. The van der Waals surface area contributed by atoms with Gasteiger partial charge in [-0.3, -0.25) is 9.59 Å². The van der Waals surface area contributed by atoms with Crippen LogP contribution in [0.15, 0.2) is 48.5 Å². The van der Waals surface area contributed by atoms with E-state index in [4.69, 9.17) is 9.47 Å². The zero-order valence-electron chi connectivity index (χ0n) is 18.0. The molecule has 7 heteroatoms. The fourth-order valence-electron chi connectivity index (χ4n) is 4.14. The molecule has 0 saturated carbocycles. The number of piperazine rings is 1. The maximum atomic E-state index is 12.7. The van der Waals surface area contributed by atoms with Gasteiger partial charge in [-0.2, -0.15) is 0 Å². The minimum Gasteiger partial charge on any atom is -0.492 e. The van der Waals surface area contributed by atoms with Crippen molar-refractivity contribution in [3.8, 4) is 11.5 Å². The molecule has 0 N–H and O–H groups in total. The molecule has 4 rings (SSSR count). The van der Waals surface area contributed by atoms with Gasteiger partial charge in [-0.25, -0.2) is 0 Å². The molecule has 2 heterocycles. The Kier molecular flexibility index (Phi) is 6.60. The van der Waals surface area contributed by atoms with Crippen LogP contribution in [0.3, 0.4) is 0 Å². The first-order valence-corrected chi connectivity index (χ1v) is 10.9. The summed E-state index contributed by atoms with van der Waals surface area (Å²) < 4.78 is 11.2. The van der Waals surface area contributed by atoms with Gasteiger partial charge in [-0.05, 0) is 37.6 Å². The van der Waals surface area contributed by atoms with Crippen molar-refractivity contribution in [3.63, 3.8) is 0 Å². The van der Waals surface area contributed by atoms with Crippen molar-refractivity contribution in [1.29, 1.82) is 0 Å². The second kappa shape index (κ2) is 9.73. The van der Waals surface area contributed by atoms with Crippen molar-refractivity contribution >= 4 is 23.2 Å². The molecule has 164 valence electrons. The third kappa shape index (κ3) is 4.76. The van der Waals surface area contributed by atoms with E-state index in [9.17, 15) is 9.59 Å². The zero-order valence-corrected chi connectivity index (χ0v) is 18.0. The van der Waals surface area contributed by atoms with E-state index in [1.54, 1.807) is 4.90 Å². The Labute approximate surface area is 183 Å². The summed E-state index contributed by atoms with van der Waals surface area (Å²) in [7, 11) is 0. The number of para-hydroxylation sites is 4. The lowest BCUT2D eigenvalue weighted by atomic mass is 10.2. The monoisotopic (exact) mass is 423 g/mol. The van der Waals surface area contributed by atoms with Crippen LogP contribution in [0.5, 0.6) is 11.5 Å². The van der Waals surface area contributed by atoms with Crippen LogP contribution in [0.4, 0.5) is 11.4 Å². The minimum absolute atomic E-state index is 0.0517. The molecule has 2 aliphatic heterocycles. The molecule has 2 amide bonds. The summed E-state index contributed by atoms with van der Waals surface area (Å²) in [5, 5.41) is 0. The van der Waals surface area contributed by atoms with E-state index >= 15 is 0 Å². The summed E-state index contributed by atoms with van der Waals surface area (Å²) in [6.45, 7) is 6.14. The van der Waals surface area contributed by atoms with Gasteiger partial charge < -0.3 is 24.2 Å². The molecule has 0 bridgehead atoms. The van der Waals surface area contributed by atoms with Gasteiger partial charge in [0.1, 0.15) is 11.5 Å². The quantitative estimate of drug-likeness (QED) is 0.685. The Morgan fingerprint density at radius 3 is 2.48 bits per heavy atom. The molecular weight excluding hydrogens is 394 g/mol. The van der Waals surface area contributed by atoms with Crippen LogP contribution in [0.2, 0.25) is 0 Å². The predicted octanol–water partition coefficient (Wildman–Crippen LogP) is 2.94. The van der Waals surface area contributed by atoms with Crippen molar-refractivity contribution in [2.45, 2.75) is 19.8 Å². The molecule has 31 heavy (non-hydrogen) atoms. The van der Waals surface area contributed by atoms with Crippen molar-refractivity contribution in [2.75, 3.05) is 55.7 Å². The van der Waals surface area contributed by atoms with E-state index in [0.29, 0.717) is 39.1 Å². The van der Waals surface area contributed by atoms with Crippen LogP contribution in [-0.4, -0.2) is 62.7 Å². The number of hydrogen-bond donors (Lipinski definition) is 0. The number of anilines is 2. The third-order valence-electron chi connectivity index (χ3n) is 5.72. The van der Waals surface area contributed by atoms with Crippen molar-refractivity contribution < 1.29 is 19.1 Å². The van der Waals surface area contributed by atoms with Crippen LogP contribution in [-0.2, 0) is 9.59 Å². The van der Waals surface area contributed by atoms with Gasteiger partial charge in [-0.15, -0.1) is 0 Å². The second-order valence-corrected chi connectivity index (χ2v) is 7.67. The summed E-state index contributed by atoms with van der Waals surface area (Å²) in [5.74, 6) is 1.69. The SMILES string of the molecule is CCOc1ccccc1N1CCN(C(=O)CCCN2C(=O)COc3ccccc32)CC1. The normalized spacial score (nSPS) is 16.0. The topological polar surface area (TPSA) is 62.3 Å². The molecule has 0 aliphatic carbocycles. The molecule has 0 aromatic heterocycles. The Bertz CT molecular complexity index is 925. The average molecular weight is 424 g/mol. The first-order chi connectivity index (χ1) is 15.2. The van der Waals surface area contributed by atoms with E-state index in [0.717, 1.165) is 36.0 Å². The Hall–Kier alpha value is -3.22. The van der Waals surface area contributed by atoms with E-state index in [-0.39, 0.29) is 18.4 Å². The molecule has 1 saturated heterocycles. The summed E-state index contributed by atoms with van der Waals surface area (Å²) in [4.78, 5) is 30.9. The lowest BCUT2D eigenvalue weighted by Gasteiger charge is -2.37. The van der Waals surface area contributed by atoms with Gasteiger partial charge in [0.25, 0.3) is 5.91 Å². The van der Waals surface area contributed by atoms with E-state index < -0.39 is 0 Å². The van der Waals surface area contributed by atoms with Crippen molar-refractivity contribution in [3.05, 3.63) is 48.5 Å². The number of amides is 2. The molecule has 2 aromatic rings. The first kappa shape index (κ1) is 21.0. The first-order valence-electron chi connectivity index (χ1n) is 10.9. The molecule has 0 spiro atoms. The maximum Gasteiger partial charge on any atom is 0.265 e. The molecular formula is C24H29N3O4. The number of benzene rings is 2. The van der Waals surface area contributed by atoms with Gasteiger partial charge >= 0.3 is 0 Å². The largest absolute Gasteiger partial charge is 0.492 e. The third-order valence-corrected chi connectivity index (χ3v) is 5.72. The average Bonchev–Trinajstić information content (AvgIpc) is 2.81. The Balaban J connectivity index is 1.27. The standard InChI is InChI=1S/C24H29N3O4/c1-2-30-21-10-5-3-8-19(21)25-14-16-26(17-15-25)23(28)12-7-13-27-20-9-4-6-11-22(20)31-18-24(27)29/h3-6,8-11H,2,7,12-18H2,1H3. The molecule has 0 unspecified atom stereocenters. The number of fused-ring (bicyclic) bond motifs is 1. The number of hydrogen-bond acceptors (Lipinski definition) is 5. The smallest absolute Gasteiger partial charge is 0.265 e. The van der Waals surface area contributed by atoms with Crippen molar-refractivity contribution in [2.24, 2.45) is 0 Å². The van der Waals surface area contributed by atoms with Gasteiger partial charge in [0.2, 0.25) is 5.91 Å². The molecule has 1 fully saturated rings. The van der Waals surface area contributed by atoms with E-state index in [1.165, 1.54) is 0 Å². The van der Waals surface area contributed by atoms with Crippen LogP contribution in [0.1, 0.15) is 19.8 Å². The number of carbonyl (C=O) groups excluding carboxylic acids is 2. The lowest BCUT2D eigenvalue weighted by Crippen LogP contribution is -2.49. The number of nitrogens with zero attached hydrogens (tertiary/aromatic N) is 3. The van der Waals surface area contributed by atoms with Crippen molar-refractivity contribution in [1.82, 2.24) is 4.90 Å². The summed E-state index contributed by atoms with van der Waals surface area (Å²) in [6, 6.07) is 15.6. The van der Waals surface area contributed by atoms with Crippen LogP contribution in [0.25, 0.3) is 0 Å². The van der Waals surface area contributed by atoms with Gasteiger partial charge in [0.15, 0.2) is 6.61 Å². The predicted molar refractivity (Wildman–Crippen MR) is 120 cm³/mol. The van der Waals surface area contributed by atoms with Gasteiger partial charge in [-0.1, -0.05) is 24.3 Å². The highest BCUT2D eigenvalue weighted by Gasteiger charge is 2.26. The second-order valence-electron chi connectivity index (χ2n) is 7.67. The summed E-state index contributed by atoms with van der Waals surface area (Å²) >= 11 is 0. The molecule has 2 aromatic carbocycles. The van der Waals surface area contributed by atoms with Gasteiger partial charge in [0.05, 0.1) is 18.0 Å². The highest BCUT2D eigenvalue weighted by atomic mass is 16.5. The fraction of sp³-hybridized carbons (Fsp3) is 0.417. The lowest BCUT2D eigenvalue weighted by molar-refractivity contribution is -0.131.